The topological polar surface area (TPSA) is 40.6 Å². The number of fused-ring (bicyclic) bond motifs is 1. The molecule has 4 nitrogen and oxygen atoms in total. The second kappa shape index (κ2) is 4.03. The Bertz CT molecular complexity index is 314. The van der Waals surface area contributed by atoms with Crippen molar-refractivity contribution in [2.75, 3.05) is 39.0 Å². The molecule has 2 atom stereocenters. The molecule has 2 rings (SSSR count). The van der Waals surface area contributed by atoms with Gasteiger partial charge in [-0.15, -0.1) is 0 Å². The van der Waals surface area contributed by atoms with Gasteiger partial charge in [0.15, 0.2) is 0 Å². The largest absolute Gasteiger partial charge is 0.303 e. The summed E-state index contributed by atoms with van der Waals surface area (Å²) in [6, 6.07) is 0. The third-order valence-electron chi connectivity index (χ3n) is 3.54. The summed E-state index contributed by atoms with van der Waals surface area (Å²) in [5, 5.41) is 0. The van der Waals surface area contributed by atoms with Crippen LogP contribution in [-0.2, 0) is 10.0 Å². The minimum Gasteiger partial charge on any atom is -0.303 e. The maximum Gasteiger partial charge on any atom is 0.211 e. The predicted octanol–water partition coefficient (Wildman–Crippen LogP) is 0.220. The normalized spacial score (nSPS) is 33.5. The molecule has 88 valence electrons. The smallest absolute Gasteiger partial charge is 0.211 e. The van der Waals surface area contributed by atoms with E-state index in [-0.39, 0.29) is 0 Å². The van der Waals surface area contributed by atoms with Crippen LogP contribution < -0.4 is 0 Å². The second-order valence-corrected chi connectivity index (χ2v) is 6.84. The molecular weight excluding hydrogens is 212 g/mol. The minimum absolute atomic E-state index is 0.575. The van der Waals surface area contributed by atoms with E-state index in [4.69, 9.17) is 0 Å². The van der Waals surface area contributed by atoms with Gasteiger partial charge in [0.05, 0.1) is 6.26 Å². The van der Waals surface area contributed by atoms with Gasteiger partial charge in [0.2, 0.25) is 10.0 Å². The molecular formula is C10H20N2O2S. The van der Waals surface area contributed by atoms with Crippen molar-refractivity contribution in [1.29, 1.82) is 0 Å². The van der Waals surface area contributed by atoms with Crippen LogP contribution in [0.3, 0.4) is 0 Å². The van der Waals surface area contributed by atoms with Gasteiger partial charge in [-0.2, -0.15) is 0 Å². The molecule has 2 aliphatic rings. The van der Waals surface area contributed by atoms with E-state index in [0.717, 1.165) is 32.7 Å². The molecule has 5 heteroatoms. The van der Waals surface area contributed by atoms with Gasteiger partial charge in [-0.1, -0.05) is 6.92 Å². The van der Waals surface area contributed by atoms with Crippen molar-refractivity contribution in [3.63, 3.8) is 0 Å². The van der Waals surface area contributed by atoms with Gasteiger partial charge in [-0.05, 0) is 24.8 Å². The van der Waals surface area contributed by atoms with Gasteiger partial charge in [-0.3, -0.25) is 0 Å². The Morgan fingerprint density at radius 3 is 2.07 bits per heavy atom. The van der Waals surface area contributed by atoms with Gasteiger partial charge in [0.1, 0.15) is 0 Å². The first kappa shape index (κ1) is 11.4. The fourth-order valence-electron chi connectivity index (χ4n) is 2.82. The van der Waals surface area contributed by atoms with Gasteiger partial charge in [0, 0.05) is 26.2 Å². The molecule has 2 fully saturated rings. The van der Waals surface area contributed by atoms with Crippen LogP contribution in [0.4, 0.5) is 0 Å². The van der Waals surface area contributed by atoms with Crippen molar-refractivity contribution < 1.29 is 8.42 Å². The molecule has 2 unspecified atom stereocenters. The Labute approximate surface area is 92.3 Å². The standard InChI is InChI=1S/C10H20N2O2S/c1-3-4-11-5-9-7-12(15(2,13)14)8-10(9)6-11/h9-10H,3-8H2,1-2H3. The zero-order chi connectivity index (χ0) is 11.1. The molecule has 2 heterocycles. The lowest BCUT2D eigenvalue weighted by atomic mass is 10.0. The molecule has 0 spiro atoms. The summed E-state index contributed by atoms with van der Waals surface area (Å²) in [4.78, 5) is 2.47. The third kappa shape index (κ3) is 2.34. The maximum atomic E-state index is 11.4. The average molecular weight is 232 g/mol. The quantitative estimate of drug-likeness (QED) is 0.699. The van der Waals surface area contributed by atoms with E-state index in [1.54, 1.807) is 4.31 Å². The summed E-state index contributed by atoms with van der Waals surface area (Å²) in [5.74, 6) is 1.15. The van der Waals surface area contributed by atoms with Gasteiger partial charge < -0.3 is 4.90 Å². The Balaban J connectivity index is 1.93. The number of hydrogen-bond donors (Lipinski definition) is 0. The third-order valence-corrected chi connectivity index (χ3v) is 4.77. The number of likely N-dealkylation sites (tertiary alicyclic amines) is 1. The number of nitrogens with zero attached hydrogens (tertiary/aromatic N) is 2. The molecule has 0 aromatic heterocycles. The van der Waals surface area contributed by atoms with E-state index in [0.29, 0.717) is 11.8 Å². The second-order valence-electron chi connectivity index (χ2n) is 4.86. The fourth-order valence-corrected chi connectivity index (χ4v) is 3.74. The molecule has 0 aromatic carbocycles. The van der Waals surface area contributed by atoms with Crippen LogP contribution in [0.5, 0.6) is 0 Å². The SMILES string of the molecule is CCCN1CC2CN(S(C)(=O)=O)CC2C1. The summed E-state index contributed by atoms with van der Waals surface area (Å²) in [7, 11) is -2.96. The summed E-state index contributed by atoms with van der Waals surface area (Å²) in [6.45, 7) is 7.01. The molecule has 0 aromatic rings. The van der Waals surface area contributed by atoms with Crippen molar-refractivity contribution >= 4 is 10.0 Å². The molecule has 0 N–H and O–H groups in total. The summed E-state index contributed by atoms with van der Waals surface area (Å²) in [6.07, 6.45) is 2.51. The Kier molecular flexibility index (Phi) is 3.05. The Morgan fingerprint density at radius 2 is 1.67 bits per heavy atom. The lowest BCUT2D eigenvalue weighted by molar-refractivity contribution is 0.297. The van der Waals surface area contributed by atoms with Crippen molar-refractivity contribution in [2.24, 2.45) is 11.8 Å². The Morgan fingerprint density at radius 1 is 1.13 bits per heavy atom. The van der Waals surface area contributed by atoms with Crippen LogP contribution in [0.25, 0.3) is 0 Å². The van der Waals surface area contributed by atoms with Crippen LogP contribution in [0.1, 0.15) is 13.3 Å². The van der Waals surface area contributed by atoms with Crippen LogP contribution in [-0.4, -0.2) is 56.6 Å². The highest BCUT2D eigenvalue weighted by Crippen LogP contribution is 2.32. The number of hydrogen-bond acceptors (Lipinski definition) is 3. The zero-order valence-corrected chi connectivity index (χ0v) is 10.3. The Hall–Kier alpha value is -0.130. The molecule has 15 heavy (non-hydrogen) atoms. The monoisotopic (exact) mass is 232 g/mol. The molecule has 2 aliphatic heterocycles. The van der Waals surface area contributed by atoms with E-state index < -0.39 is 10.0 Å². The van der Waals surface area contributed by atoms with Gasteiger partial charge >= 0.3 is 0 Å². The summed E-state index contributed by atoms with van der Waals surface area (Å²) < 4.78 is 24.4. The fraction of sp³-hybridized carbons (Fsp3) is 1.00. The molecule has 0 radical (unpaired) electrons. The van der Waals surface area contributed by atoms with Crippen LogP contribution >= 0.6 is 0 Å². The highest BCUT2D eigenvalue weighted by atomic mass is 32.2. The van der Waals surface area contributed by atoms with Crippen molar-refractivity contribution in [1.82, 2.24) is 9.21 Å². The molecule has 0 amide bonds. The van der Waals surface area contributed by atoms with Crippen molar-refractivity contribution in [3.8, 4) is 0 Å². The van der Waals surface area contributed by atoms with Crippen LogP contribution in [0, 0.1) is 11.8 Å². The van der Waals surface area contributed by atoms with E-state index in [1.165, 1.54) is 12.7 Å². The first-order valence-electron chi connectivity index (χ1n) is 5.68. The number of sulfonamides is 1. The molecule has 0 saturated carbocycles. The van der Waals surface area contributed by atoms with Crippen molar-refractivity contribution in [2.45, 2.75) is 13.3 Å². The highest BCUT2D eigenvalue weighted by molar-refractivity contribution is 7.88. The average Bonchev–Trinajstić information content (AvgIpc) is 2.59. The van der Waals surface area contributed by atoms with E-state index in [9.17, 15) is 8.42 Å². The highest BCUT2D eigenvalue weighted by Gasteiger charge is 2.42. The molecule has 2 saturated heterocycles. The van der Waals surface area contributed by atoms with Crippen LogP contribution in [0.15, 0.2) is 0 Å². The number of rotatable bonds is 3. The first-order valence-corrected chi connectivity index (χ1v) is 7.53. The van der Waals surface area contributed by atoms with Gasteiger partial charge in [0.25, 0.3) is 0 Å². The lowest BCUT2D eigenvalue weighted by Crippen LogP contribution is -2.32. The summed E-state index contributed by atoms with van der Waals surface area (Å²) >= 11 is 0. The van der Waals surface area contributed by atoms with Gasteiger partial charge in [-0.25, -0.2) is 12.7 Å². The van der Waals surface area contributed by atoms with E-state index in [1.807, 2.05) is 0 Å². The zero-order valence-electron chi connectivity index (χ0n) is 9.52. The molecule has 0 bridgehead atoms. The van der Waals surface area contributed by atoms with Crippen molar-refractivity contribution in [3.05, 3.63) is 0 Å². The predicted molar refractivity (Wildman–Crippen MR) is 60.1 cm³/mol. The van der Waals surface area contributed by atoms with E-state index in [2.05, 4.69) is 11.8 Å². The lowest BCUT2D eigenvalue weighted by Gasteiger charge is -2.19. The minimum atomic E-state index is -2.96. The van der Waals surface area contributed by atoms with E-state index >= 15 is 0 Å². The molecule has 0 aliphatic carbocycles. The summed E-state index contributed by atoms with van der Waals surface area (Å²) in [5.41, 5.74) is 0. The first-order chi connectivity index (χ1) is 7.00. The van der Waals surface area contributed by atoms with Crippen LogP contribution in [0.2, 0.25) is 0 Å². The maximum absolute atomic E-state index is 11.4.